The van der Waals surface area contributed by atoms with Gasteiger partial charge in [0.2, 0.25) is 5.91 Å². The lowest BCUT2D eigenvalue weighted by molar-refractivity contribution is -0.116. The van der Waals surface area contributed by atoms with Gasteiger partial charge in [-0.3, -0.25) is 4.79 Å². The van der Waals surface area contributed by atoms with E-state index in [0.29, 0.717) is 23.1 Å². The largest absolute Gasteiger partial charge is 0.443 e. The van der Waals surface area contributed by atoms with Crippen molar-refractivity contribution in [2.75, 3.05) is 13.1 Å². The summed E-state index contributed by atoms with van der Waals surface area (Å²) in [5, 5.41) is 2.84. The van der Waals surface area contributed by atoms with Crippen LogP contribution < -0.4 is 5.32 Å². The van der Waals surface area contributed by atoms with Gasteiger partial charge in [-0.25, -0.2) is 13.4 Å². The summed E-state index contributed by atoms with van der Waals surface area (Å²) in [6.45, 7) is 4.29. The Balaban J connectivity index is 1.46. The van der Waals surface area contributed by atoms with Crippen LogP contribution >= 0.6 is 11.3 Å². The SMILES string of the molecule is C=CC(=O)NC1C2CN(S(=O)(=O)c3ccc(-c4cnco4)s3)CC21. The van der Waals surface area contributed by atoms with Crippen molar-refractivity contribution in [1.82, 2.24) is 14.6 Å². The van der Waals surface area contributed by atoms with Crippen molar-refractivity contribution in [3.05, 3.63) is 37.4 Å². The van der Waals surface area contributed by atoms with Gasteiger partial charge in [0, 0.05) is 19.1 Å². The van der Waals surface area contributed by atoms with Crippen LogP contribution in [0.1, 0.15) is 0 Å². The molecule has 4 rings (SSSR count). The number of nitrogens with one attached hydrogen (secondary N) is 1. The van der Waals surface area contributed by atoms with E-state index in [1.165, 1.54) is 28.1 Å². The molecule has 24 heavy (non-hydrogen) atoms. The fraction of sp³-hybridized carbons (Fsp3) is 0.333. The maximum Gasteiger partial charge on any atom is 0.252 e. The predicted molar refractivity (Wildman–Crippen MR) is 87.7 cm³/mol. The molecule has 7 nitrogen and oxygen atoms in total. The Hall–Kier alpha value is -1.97. The van der Waals surface area contributed by atoms with Crippen molar-refractivity contribution in [1.29, 1.82) is 0 Å². The highest BCUT2D eigenvalue weighted by atomic mass is 32.2. The number of sulfonamides is 1. The molecule has 1 aliphatic carbocycles. The van der Waals surface area contributed by atoms with Crippen LogP contribution in [-0.2, 0) is 14.8 Å². The molecule has 0 aromatic carbocycles. The van der Waals surface area contributed by atoms with Gasteiger partial charge in [-0.2, -0.15) is 4.31 Å². The molecule has 2 aromatic rings. The Morgan fingerprint density at radius 2 is 2.17 bits per heavy atom. The molecule has 2 unspecified atom stereocenters. The Bertz CT molecular complexity index is 876. The normalized spacial score (nSPS) is 26.1. The zero-order chi connectivity index (χ0) is 16.9. The molecule has 1 aliphatic heterocycles. The number of oxazole rings is 1. The highest BCUT2D eigenvalue weighted by molar-refractivity contribution is 7.91. The number of carbonyl (C=O) groups is 1. The van der Waals surface area contributed by atoms with Crippen molar-refractivity contribution < 1.29 is 17.6 Å². The topological polar surface area (TPSA) is 92.5 Å². The van der Waals surface area contributed by atoms with Crippen LogP contribution in [0.4, 0.5) is 0 Å². The van der Waals surface area contributed by atoms with Crippen LogP contribution in [0.2, 0.25) is 0 Å². The Morgan fingerprint density at radius 3 is 2.79 bits per heavy atom. The van der Waals surface area contributed by atoms with E-state index in [1.54, 1.807) is 18.3 Å². The summed E-state index contributed by atoms with van der Waals surface area (Å²) >= 11 is 1.17. The van der Waals surface area contributed by atoms with E-state index >= 15 is 0 Å². The van der Waals surface area contributed by atoms with Gasteiger partial charge in [-0.05, 0) is 30.0 Å². The van der Waals surface area contributed by atoms with E-state index in [-0.39, 0.29) is 23.8 Å². The second-order valence-electron chi connectivity index (χ2n) is 5.87. The number of carbonyl (C=O) groups excluding carboxylic acids is 1. The van der Waals surface area contributed by atoms with Gasteiger partial charge < -0.3 is 9.73 Å². The number of nitrogens with zero attached hydrogens (tertiary/aromatic N) is 2. The van der Waals surface area contributed by atoms with Crippen LogP contribution in [0.5, 0.6) is 0 Å². The van der Waals surface area contributed by atoms with Gasteiger partial charge in [0.05, 0.1) is 11.1 Å². The highest BCUT2D eigenvalue weighted by Gasteiger charge is 2.58. The number of fused-ring (bicyclic) bond motifs is 1. The summed E-state index contributed by atoms with van der Waals surface area (Å²) in [4.78, 5) is 15.9. The summed E-state index contributed by atoms with van der Waals surface area (Å²) in [7, 11) is -3.51. The van der Waals surface area contributed by atoms with E-state index < -0.39 is 10.0 Å². The molecular weight excluding hydrogens is 350 g/mol. The van der Waals surface area contributed by atoms with Gasteiger partial charge in [0.15, 0.2) is 12.2 Å². The third-order valence-corrected chi connectivity index (χ3v) is 7.90. The molecule has 0 bridgehead atoms. The van der Waals surface area contributed by atoms with Crippen molar-refractivity contribution in [2.24, 2.45) is 11.8 Å². The molecular formula is C15H15N3O4S2. The summed E-state index contributed by atoms with van der Waals surface area (Å²) in [6.07, 6.45) is 4.11. The summed E-state index contributed by atoms with van der Waals surface area (Å²) in [5.74, 6) is 0.728. The van der Waals surface area contributed by atoms with Crippen molar-refractivity contribution >= 4 is 27.3 Å². The van der Waals surface area contributed by atoms with Crippen LogP contribution in [0, 0.1) is 11.8 Å². The monoisotopic (exact) mass is 365 g/mol. The molecule has 126 valence electrons. The van der Waals surface area contributed by atoms with E-state index in [0.717, 1.165) is 4.88 Å². The van der Waals surface area contributed by atoms with E-state index in [4.69, 9.17) is 4.42 Å². The first-order valence-electron chi connectivity index (χ1n) is 7.42. The van der Waals surface area contributed by atoms with Crippen LogP contribution in [-0.4, -0.2) is 42.7 Å². The molecule has 1 saturated heterocycles. The fourth-order valence-corrected chi connectivity index (χ4v) is 6.11. The fourth-order valence-electron chi connectivity index (χ4n) is 3.18. The lowest BCUT2D eigenvalue weighted by Crippen LogP contribution is -2.36. The van der Waals surface area contributed by atoms with Gasteiger partial charge in [-0.1, -0.05) is 6.58 Å². The van der Waals surface area contributed by atoms with Gasteiger partial charge in [0.1, 0.15) is 4.21 Å². The lowest BCUT2D eigenvalue weighted by atomic mass is 10.4. The van der Waals surface area contributed by atoms with Gasteiger partial charge in [0.25, 0.3) is 10.0 Å². The molecule has 3 heterocycles. The third kappa shape index (κ3) is 2.48. The third-order valence-electron chi connectivity index (χ3n) is 4.51. The zero-order valence-corrected chi connectivity index (χ0v) is 14.2. The maximum absolute atomic E-state index is 12.8. The summed E-state index contributed by atoms with van der Waals surface area (Å²) in [6, 6.07) is 3.39. The number of hydrogen-bond donors (Lipinski definition) is 1. The molecule has 2 aliphatic rings. The van der Waals surface area contributed by atoms with Crippen molar-refractivity contribution in [3.8, 4) is 10.6 Å². The van der Waals surface area contributed by atoms with E-state index in [9.17, 15) is 13.2 Å². The van der Waals surface area contributed by atoms with Crippen LogP contribution in [0.3, 0.4) is 0 Å². The molecule has 0 spiro atoms. The van der Waals surface area contributed by atoms with Crippen molar-refractivity contribution in [2.45, 2.75) is 10.3 Å². The average Bonchev–Trinajstić information content (AvgIpc) is 3.13. The highest BCUT2D eigenvalue weighted by Crippen LogP contribution is 2.47. The van der Waals surface area contributed by atoms with Crippen LogP contribution in [0.25, 0.3) is 10.6 Å². The average molecular weight is 365 g/mol. The number of aromatic nitrogens is 1. The number of piperidine rings is 1. The molecule has 1 amide bonds. The molecule has 2 fully saturated rings. The number of hydrogen-bond acceptors (Lipinski definition) is 6. The molecule has 2 atom stereocenters. The second-order valence-corrected chi connectivity index (χ2v) is 9.12. The Labute approximate surface area is 143 Å². The summed E-state index contributed by atoms with van der Waals surface area (Å²) < 4.78 is 32.5. The summed E-state index contributed by atoms with van der Waals surface area (Å²) in [5.41, 5.74) is 0. The minimum atomic E-state index is -3.51. The number of rotatable bonds is 5. The molecule has 2 aromatic heterocycles. The lowest BCUT2D eigenvalue weighted by Gasteiger charge is -2.18. The smallest absolute Gasteiger partial charge is 0.252 e. The molecule has 1 saturated carbocycles. The quantitative estimate of drug-likeness (QED) is 0.807. The maximum atomic E-state index is 12.8. The first kappa shape index (κ1) is 15.6. The Morgan fingerprint density at radius 1 is 1.42 bits per heavy atom. The molecule has 1 N–H and O–H groups in total. The van der Waals surface area contributed by atoms with E-state index in [2.05, 4.69) is 16.9 Å². The van der Waals surface area contributed by atoms with Gasteiger partial charge in [-0.15, -0.1) is 11.3 Å². The predicted octanol–water partition coefficient (Wildman–Crippen LogP) is 1.32. The second kappa shape index (κ2) is 5.54. The molecule has 9 heteroatoms. The minimum Gasteiger partial charge on any atom is -0.443 e. The minimum absolute atomic E-state index is 0.0649. The van der Waals surface area contributed by atoms with Gasteiger partial charge >= 0.3 is 0 Å². The first-order chi connectivity index (χ1) is 11.5. The first-order valence-corrected chi connectivity index (χ1v) is 9.68. The zero-order valence-electron chi connectivity index (χ0n) is 12.6. The van der Waals surface area contributed by atoms with E-state index in [1.807, 2.05) is 0 Å². The Kier molecular flexibility index (Phi) is 3.59. The van der Waals surface area contributed by atoms with Crippen molar-refractivity contribution in [3.63, 3.8) is 0 Å². The standard InChI is InChI=1S/C15H15N3O4S2/c1-2-13(19)17-15-9-6-18(7-10(9)15)24(20,21)14-4-3-12(23-14)11-5-16-8-22-11/h2-5,8-10,15H,1,6-7H2,(H,17,19). The molecule has 0 radical (unpaired) electrons. The van der Waals surface area contributed by atoms with Crippen LogP contribution in [0.15, 0.2) is 46.0 Å². The number of amides is 1. The number of thiophene rings is 1.